The van der Waals surface area contributed by atoms with Gasteiger partial charge in [0.1, 0.15) is 6.04 Å². The van der Waals surface area contributed by atoms with Gasteiger partial charge in [0.2, 0.25) is 24.4 Å². The van der Waals surface area contributed by atoms with Crippen LogP contribution in [0, 0.1) is 35.5 Å². The highest BCUT2D eigenvalue weighted by Gasteiger charge is 2.65. The number of carbonyl (C=O) groups excluding carboxylic acids is 11. The zero-order valence-electron chi connectivity index (χ0n) is 81.3. The smallest absolute Gasteiger partial charge is 0.413 e. The van der Waals surface area contributed by atoms with Crippen LogP contribution in [0.4, 0.5) is 31.4 Å². The predicted octanol–water partition coefficient (Wildman–Crippen LogP) is 16.6. The molecule has 9 aromatic carbocycles. The summed E-state index contributed by atoms with van der Waals surface area (Å²) in [6.45, 7) is 24.7. The van der Waals surface area contributed by atoms with Gasteiger partial charge in [-0.05, 0) is 195 Å². The molecule has 16 rings (SSSR count). The van der Waals surface area contributed by atoms with E-state index in [0.29, 0.717) is 71.4 Å². The molecule has 0 aliphatic carbocycles. The zero-order chi connectivity index (χ0) is 98.1. The molecule has 7 aliphatic rings. The Morgan fingerprint density at radius 1 is 0.367 bits per heavy atom. The standard InChI is InChI=1S/C110H129N9O20/c1-13-131-94(120)59-72-37-43-78(44-38-72)113-56-53-81(62-113)116(67(8)84-34-22-28-75-25-16-19-31-87(75)84)108(128)136-70(11)134-104(125)99-92-51-52-93(100(99)105(126)135-71(12)137-109(129)117(68(9)85-35-23-29-76-26-17-20-32-88(76)85)82-54-57-114(63-82)79-45-39-73(40-46-79)60-95(121)132-14-2)119(92)103(124)98-91-50-49-90(111-91)97(98)102(123)112-101(65(4)5)106(127)138-107(66(6)7)139-110(130)118(69(10)86-36-24-30-77-27-18-21-33-89(77)86)83-55-58-115(64-83)80-47-41-74(42-48-80)61-96(122)133-15-3/h16-48,65-71,81-83,90-93,97-101,107,111H,13-15,49-64H2,1-12H3,(H,112,123)/t67-,68-,69-,70?,71?,81+,82+,83+,90-,91+,92-,93+,97?,98-,99?,100-,101-,107?/m1/s1. The topological polar surface area (TPSA) is 318 Å². The molecule has 734 valence electrons. The number of benzene rings is 9. The number of amides is 5. The molecule has 4 bridgehead atoms. The Balaban J connectivity index is 0.657. The van der Waals surface area contributed by atoms with Crippen LogP contribution in [-0.4, -0.2) is 212 Å². The van der Waals surface area contributed by atoms with Gasteiger partial charge in [0.25, 0.3) is 6.29 Å². The van der Waals surface area contributed by atoms with E-state index < -0.39 is 169 Å². The van der Waals surface area contributed by atoms with Gasteiger partial charge in [-0.25, -0.2) is 19.2 Å². The fourth-order valence-corrected chi connectivity index (χ4v) is 22.4. The van der Waals surface area contributed by atoms with Crippen LogP contribution in [-0.2, 0) is 100 Å². The molecule has 18 atom stereocenters. The van der Waals surface area contributed by atoms with Crippen LogP contribution in [0.2, 0.25) is 0 Å². The van der Waals surface area contributed by atoms with Crippen LogP contribution in [0.25, 0.3) is 32.3 Å². The maximum absolute atomic E-state index is 16.4. The largest absolute Gasteiger partial charge is 0.466 e. The van der Waals surface area contributed by atoms with E-state index in [9.17, 15) is 14.4 Å². The van der Waals surface area contributed by atoms with E-state index in [0.717, 1.165) is 82.8 Å². The SMILES string of the molecule is CCOC(=O)Cc1ccc(N2CC[C@H](N(C(=O)OC(C)OC(=O)C3[C@H]4CC[C@@H]([C@H]3C(=O)OC(C)OC(=O)N([C@H]3CCN(c5ccc(CC(=O)OCC)cc5)C3)[C@H](C)c3cccc5ccccc35)N4C(=O)[C@H]3C(C(=O)N[C@@H](C(=O)OC(OC(=O)N([C@H]4CCN(c5ccc(CC(=O)OCC)cc5)C4)[C@H](C)c4cccc5ccccc45)C(C)C)C(C)C)[C@H]4CC[C@@H]3N4)[C@H](C)c3cccc4ccccc34)C2)cc1. The van der Waals surface area contributed by atoms with Crippen molar-refractivity contribution in [1.82, 2.24) is 30.2 Å². The van der Waals surface area contributed by atoms with Crippen molar-refractivity contribution in [2.45, 2.75) is 233 Å². The molecular formula is C110H129N9O20. The van der Waals surface area contributed by atoms with Gasteiger partial charge in [-0.15, -0.1) is 0 Å². The Hall–Kier alpha value is -13.3. The summed E-state index contributed by atoms with van der Waals surface area (Å²) in [7, 11) is 0. The fourth-order valence-electron chi connectivity index (χ4n) is 22.4. The predicted molar refractivity (Wildman–Crippen MR) is 524 cm³/mol. The summed E-state index contributed by atoms with van der Waals surface area (Å²) in [5.41, 5.74) is 7.60. The van der Waals surface area contributed by atoms with Crippen molar-refractivity contribution in [3.63, 3.8) is 0 Å². The first kappa shape index (κ1) is 98.7. The number of hydrogen-bond acceptors (Lipinski definition) is 24. The Bertz CT molecular complexity index is 5720. The molecular weight excluding hydrogens is 1770 g/mol. The summed E-state index contributed by atoms with van der Waals surface area (Å²) in [5.74, 6) is -11.3. The van der Waals surface area contributed by atoms with Crippen LogP contribution < -0.4 is 25.3 Å². The summed E-state index contributed by atoms with van der Waals surface area (Å²) in [6.07, 6.45) is -3.63. The molecule has 7 saturated heterocycles. The monoisotopic (exact) mass is 1900 g/mol. The van der Waals surface area contributed by atoms with Crippen molar-refractivity contribution in [3.05, 3.63) is 234 Å². The third kappa shape index (κ3) is 21.8. The van der Waals surface area contributed by atoms with Gasteiger partial charge in [0, 0.05) is 100 Å². The molecule has 2 N–H and O–H groups in total. The first-order valence-electron chi connectivity index (χ1n) is 49.4. The molecule has 0 aromatic heterocycles. The van der Waals surface area contributed by atoms with Crippen molar-refractivity contribution in [2.24, 2.45) is 35.5 Å². The maximum atomic E-state index is 16.4. The molecule has 5 amide bonds. The van der Waals surface area contributed by atoms with E-state index >= 15 is 38.4 Å². The van der Waals surface area contributed by atoms with Gasteiger partial charge in [-0.2, -0.15) is 0 Å². The van der Waals surface area contributed by atoms with Crippen molar-refractivity contribution in [2.75, 3.05) is 73.8 Å². The number of ether oxygens (including phenoxy) is 9. The lowest BCUT2D eigenvalue weighted by atomic mass is 9.77. The Morgan fingerprint density at radius 2 is 0.705 bits per heavy atom. The molecule has 0 saturated carbocycles. The molecule has 7 fully saturated rings. The molecule has 139 heavy (non-hydrogen) atoms. The average Bonchev–Trinajstić information content (AvgIpc) is 1.56. The highest BCUT2D eigenvalue weighted by molar-refractivity contribution is 5.96. The molecule has 5 unspecified atom stereocenters. The second-order valence-electron chi connectivity index (χ2n) is 38.5. The lowest BCUT2D eigenvalue weighted by Crippen LogP contribution is -2.54. The van der Waals surface area contributed by atoms with Crippen LogP contribution in [0.3, 0.4) is 0 Å². The Kier molecular flexibility index (Phi) is 31.1. The number of nitrogens with zero attached hydrogens (tertiary/aromatic N) is 7. The van der Waals surface area contributed by atoms with Crippen LogP contribution in [0.1, 0.15) is 180 Å². The van der Waals surface area contributed by atoms with Crippen molar-refractivity contribution < 1.29 is 95.4 Å². The van der Waals surface area contributed by atoms with Crippen LogP contribution in [0.5, 0.6) is 0 Å². The normalized spacial score (nSPS) is 22.3. The van der Waals surface area contributed by atoms with Crippen molar-refractivity contribution >= 4 is 115 Å². The first-order chi connectivity index (χ1) is 67.0. The molecule has 0 spiro atoms. The molecule has 7 aliphatic heterocycles. The number of nitrogens with one attached hydrogen (secondary N) is 2. The number of hydrogen-bond donors (Lipinski definition) is 2. The zero-order valence-corrected chi connectivity index (χ0v) is 81.3. The third-order valence-corrected chi connectivity index (χ3v) is 29.1. The van der Waals surface area contributed by atoms with Crippen molar-refractivity contribution in [1.29, 1.82) is 0 Å². The van der Waals surface area contributed by atoms with E-state index in [1.54, 1.807) is 63.2 Å². The molecule has 0 radical (unpaired) electrons. The van der Waals surface area contributed by atoms with E-state index in [4.69, 9.17) is 42.6 Å². The van der Waals surface area contributed by atoms with Gasteiger partial charge in [0.05, 0.1) is 99.0 Å². The highest BCUT2D eigenvalue weighted by Crippen LogP contribution is 2.51. The number of fused-ring (bicyclic) bond motifs is 7. The number of carbonyl (C=O) groups is 11. The van der Waals surface area contributed by atoms with Crippen LogP contribution >= 0.6 is 0 Å². The molecule has 29 nitrogen and oxygen atoms in total. The number of anilines is 3. The number of rotatable bonds is 35. The minimum absolute atomic E-state index is 0.113. The van der Waals surface area contributed by atoms with E-state index in [1.807, 2.05) is 221 Å². The lowest BCUT2D eigenvalue weighted by molar-refractivity contribution is -0.184. The Labute approximate surface area is 812 Å². The van der Waals surface area contributed by atoms with Gasteiger partial charge in [0.15, 0.2) is 0 Å². The highest BCUT2D eigenvalue weighted by atomic mass is 16.7. The van der Waals surface area contributed by atoms with E-state index in [-0.39, 0.29) is 69.8 Å². The quantitative estimate of drug-likeness (QED) is 0.0212. The molecule has 9 aromatic rings. The second kappa shape index (κ2) is 43.8. The molecule has 7 heterocycles. The number of esters is 6. The van der Waals surface area contributed by atoms with Gasteiger partial charge < -0.3 is 72.9 Å². The van der Waals surface area contributed by atoms with Gasteiger partial charge in [-0.1, -0.05) is 191 Å². The fraction of sp³-hybridized carbons (Fsp3) is 0.464. The summed E-state index contributed by atoms with van der Waals surface area (Å²) in [6, 6.07) is 56.9. The maximum Gasteiger partial charge on any atom is 0.413 e. The lowest BCUT2D eigenvalue weighted by Gasteiger charge is -2.36. The summed E-state index contributed by atoms with van der Waals surface area (Å²) in [5, 5.41) is 12.2. The second-order valence-corrected chi connectivity index (χ2v) is 38.5. The minimum Gasteiger partial charge on any atom is -0.466 e. The van der Waals surface area contributed by atoms with Crippen LogP contribution in [0.15, 0.2) is 200 Å². The average molecular weight is 1900 g/mol. The van der Waals surface area contributed by atoms with Gasteiger partial charge in [-0.3, -0.25) is 48.3 Å². The summed E-state index contributed by atoms with van der Waals surface area (Å²) < 4.78 is 53.7. The minimum atomic E-state index is -1.60. The third-order valence-electron chi connectivity index (χ3n) is 29.1. The molecule has 29 heteroatoms. The van der Waals surface area contributed by atoms with E-state index in [1.165, 1.54) is 18.7 Å². The van der Waals surface area contributed by atoms with E-state index in [2.05, 4.69) is 25.3 Å². The van der Waals surface area contributed by atoms with Crippen molar-refractivity contribution in [3.8, 4) is 0 Å². The first-order valence-corrected chi connectivity index (χ1v) is 49.4. The Morgan fingerprint density at radius 3 is 1.05 bits per heavy atom. The summed E-state index contributed by atoms with van der Waals surface area (Å²) >= 11 is 0. The summed E-state index contributed by atoms with van der Waals surface area (Å²) in [4.78, 5) is 176. The van der Waals surface area contributed by atoms with Gasteiger partial charge >= 0.3 is 54.1 Å².